The summed E-state index contributed by atoms with van der Waals surface area (Å²) in [4.78, 5) is 0. The summed E-state index contributed by atoms with van der Waals surface area (Å²) in [6.45, 7) is 13.6. The van der Waals surface area contributed by atoms with E-state index in [4.69, 9.17) is 0 Å². The topological polar surface area (TPSA) is 12.0 Å². The maximum absolute atomic E-state index is 3.63. The molecule has 0 saturated heterocycles. The van der Waals surface area contributed by atoms with Crippen LogP contribution in [0, 0.1) is 10.8 Å². The van der Waals surface area contributed by atoms with Crippen LogP contribution in [0.1, 0.15) is 41.5 Å². The van der Waals surface area contributed by atoms with Crippen molar-refractivity contribution in [2.75, 3.05) is 0 Å². The first-order chi connectivity index (χ1) is 8.51. The molecular weight excluding hydrogens is 345 g/mol. The van der Waals surface area contributed by atoms with Crippen LogP contribution in [0.3, 0.4) is 0 Å². The molecule has 2 rings (SSSR count). The molecule has 1 heterocycles. The Morgan fingerprint density at radius 3 is 2.21 bits per heavy atom. The monoisotopic (exact) mass is 369 g/mol. The van der Waals surface area contributed by atoms with Crippen molar-refractivity contribution >= 4 is 22.6 Å². The fraction of sp³-hybridized carbons (Fsp3) is 0.529. The molecule has 1 atom stereocenters. The quantitative estimate of drug-likeness (QED) is 0.462. The van der Waals surface area contributed by atoms with Gasteiger partial charge in [-0.05, 0) is 18.6 Å². The molecular formula is C17H24IN. The molecule has 1 aliphatic carbocycles. The highest BCUT2D eigenvalue weighted by Gasteiger charge is 2.32. The summed E-state index contributed by atoms with van der Waals surface area (Å²) in [5.41, 5.74) is 4.14. The summed E-state index contributed by atoms with van der Waals surface area (Å²) in [7, 11) is 0. The van der Waals surface area contributed by atoms with Crippen LogP contribution in [0.25, 0.3) is 0 Å². The number of allylic oxidation sites excluding steroid dienone is 7. The van der Waals surface area contributed by atoms with Gasteiger partial charge in [0.15, 0.2) is 0 Å². The van der Waals surface area contributed by atoms with Gasteiger partial charge < -0.3 is 5.32 Å². The van der Waals surface area contributed by atoms with E-state index in [2.05, 4.69) is 99.8 Å². The van der Waals surface area contributed by atoms with Crippen molar-refractivity contribution in [3.63, 3.8) is 0 Å². The van der Waals surface area contributed by atoms with Crippen LogP contribution in [0.2, 0.25) is 0 Å². The SMILES string of the molecule is CC1(I)C=CC2=C(C=C1)C(C)(C)C=C(C(C)(C)C)N2. The van der Waals surface area contributed by atoms with Crippen molar-refractivity contribution < 1.29 is 0 Å². The maximum Gasteiger partial charge on any atom is 0.0559 e. The summed E-state index contributed by atoms with van der Waals surface area (Å²) in [6, 6.07) is 0. The second kappa shape index (κ2) is 4.51. The lowest BCUT2D eigenvalue weighted by molar-refractivity contribution is 0.441. The van der Waals surface area contributed by atoms with Crippen LogP contribution in [-0.2, 0) is 0 Å². The molecule has 0 aromatic rings. The summed E-state index contributed by atoms with van der Waals surface area (Å²) >= 11 is 2.48. The molecule has 0 aromatic carbocycles. The van der Waals surface area contributed by atoms with E-state index in [9.17, 15) is 0 Å². The molecule has 1 N–H and O–H groups in total. The molecule has 2 heteroatoms. The number of hydrogen-bond donors (Lipinski definition) is 1. The van der Waals surface area contributed by atoms with Gasteiger partial charge in [0.2, 0.25) is 0 Å². The van der Waals surface area contributed by atoms with Crippen LogP contribution < -0.4 is 5.32 Å². The Morgan fingerprint density at radius 1 is 1.05 bits per heavy atom. The zero-order chi connectivity index (χ0) is 14.5. The summed E-state index contributed by atoms with van der Waals surface area (Å²) in [6.07, 6.45) is 11.4. The van der Waals surface area contributed by atoms with Gasteiger partial charge in [-0.2, -0.15) is 0 Å². The summed E-state index contributed by atoms with van der Waals surface area (Å²) < 4.78 is 0.0920. The third-order valence-electron chi connectivity index (χ3n) is 3.72. The van der Waals surface area contributed by atoms with E-state index in [1.54, 1.807) is 0 Å². The number of dihydropyridines is 1. The van der Waals surface area contributed by atoms with Gasteiger partial charge in [0.05, 0.1) is 3.42 Å². The number of halogens is 1. The highest BCUT2D eigenvalue weighted by atomic mass is 127. The Kier molecular flexibility index (Phi) is 3.53. The van der Waals surface area contributed by atoms with Gasteiger partial charge in [-0.1, -0.05) is 81.5 Å². The van der Waals surface area contributed by atoms with Crippen molar-refractivity contribution in [3.8, 4) is 0 Å². The van der Waals surface area contributed by atoms with Crippen molar-refractivity contribution in [3.05, 3.63) is 47.3 Å². The van der Waals surface area contributed by atoms with E-state index < -0.39 is 0 Å². The second-order valence-electron chi connectivity index (χ2n) is 7.30. The Labute approximate surface area is 131 Å². The first-order valence-corrected chi connectivity index (χ1v) is 7.92. The Morgan fingerprint density at radius 2 is 1.63 bits per heavy atom. The van der Waals surface area contributed by atoms with Crippen LogP contribution in [-0.4, -0.2) is 3.42 Å². The van der Waals surface area contributed by atoms with E-state index in [0.717, 1.165) is 0 Å². The van der Waals surface area contributed by atoms with Gasteiger partial charge in [-0.3, -0.25) is 0 Å². The third-order valence-corrected chi connectivity index (χ3v) is 4.44. The minimum atomic E-state index is 0.0705. The van der Waals surface area contributed by atoms with Crippen LogP contribution in [0.4, 0.5) is 0 Å². The molecule has 0 aromatic heterocycles. The molecule has 2 aliphatic rings. The van der Waals surface area contributed by atoms with Crippen LogP contribution in [0.15, 0.2) is 47.3 Å². The molecule has 1 nitrogen and oxygen atoms in total. The molecule has 19 heavy (non-hydrogen) atoms. The van der Waals surface area contributed by atoms with Crippen molar-refractivity contribution in [1.82, 2.24) is 5.32 Å². The van der Waals surface area contributed by atoms with Crippen molar-refractivity contribution in [2.45, 2.75) is 45.0 Å². The molecule has 0 spiro atoms. The minimum Gasteiger partial charge on any atom is -0.358 e. The highest BCUT2D eigenvalue weighted by molar-refractivity contribution is 14.1. The predicted octanol–water partition coefficient (Wildman–Crippen LogP) is 5.12. The Hall–Kier alpha value is -0.510. The van der Waals surface area contributed by atoms with Gasteiger partial charge in [0, 0.05) is 22.2 Å². The Bertz CT molecular complexity index is 508. The van der Waals surface area contributed by atoms with Gasteiger partial charge >= 0.3 is 0 Å². The zero-order valence-electron chi connectivity index (χ0n) is 12.8. The summed E-state index contributed by atoms with van der Waals surface area (Å²) in [5.74, 6) is 0. The number of rotatable bonds is 0. The lowest BCUT2D eigenvalue weighted by Gasteiger charge is -2.36. The zero-order valence-corrected chi connectivity index (χ0v) is 14.9. The average Bonchev–Trinajstić information content (AvgIpc) is 2.36. The predicted molar refractivity (Wildman–Crippen MR) is 92.2 cm³/mol. The molecule has 0 saturated carbocycles. The fourth-order valence-corrected chi connectivity index (χ4v) is 2.78. The van der Waals surface area contributed by atoms with Crippen LogP contribution in [0.5, 0.6) is 0 Å². The average molecular weight is 369 g/mol. The van der Waals surface area contributed by atoms with E-state index >= 15 is 0 Å². The normalized spacial score (nSPS) is 29.5. The lowest BCUT2D eigenvalue weighted by Crippen LogP contribution is -2.32. The molecule has 1 aliphatic heterocycles. The number of hydrogen-bond acceptors (Lipinski definition) is 1. The van der Waals surface area contributed by atoms with Gasteiger partial charge in [0.25, 0.3) is 0 Å². The minimum absolute atomic E-state index is 0.0705. The second-order valence-corrected chi connectivity index (χ2v) is 9.62. The van der Waals surface area contributed by atoms with Gasteiger partial charge in [0.1, 0.15) is 0 Å². The smallest absolute Gasteiger partial charge is 0.0559 e. The number of nitrogens with one attached hydrogen (secondary N) is 1. The molecule has 0 fully saturated rings. The molecule has 0 bridgehead atoms. The van der Waals surface area contributed by atoms with E-state index in [1.807, 2.05) is 0 Å². The number of alkyl halides is 1. The van der Waals surface area contributed by atoms with Gasteiger partial charge in [-0.15, -0.1) is 0 Å². The van der Waals surface area contributed by atoms with Crippen molar-refractivity contribution in [1.29, 1.82) is 0 Å². The molecule has 0 radical (unpaired) electrons. The van der Waals surface area contributed by atoms with Crippen molar-refractivity contribution in [2.24, 2.45) is 10.8 Å². The molecule has 104 valence electrons. The lowest BCUT2D eigenvalue weighted by atomic mass is 9.76. The fourth-order valence-electron chi connectivity index (χ4n) is 2.42. The molecule has 1 unspecified atom stereocenters. The standard InChI is InChI=1S/C17H24IN/c1-15(2,3)14-11-16(4,5)12-7-9-17(6,18)10-8-13(12)19-14/h7-11,19H,1-6H3. The van der Waals surface area contributed by atoms with Crippen LogP contribution >= 0.6 is 22.6 Å². The first-order valence-electron chi connectivity index (χ1n) is 6.84. The largest absolute Gasteiger partial charge is 0.358 e. The summed E-state index contributed by atoms with van der Waals surface area (Å²) in [5, 5.41) is 3.63. The Balaban J connectivity index is 2.48. The molecule has 0 amide bonds. The highest BCUT2D eigenvalue weighted by Crippen LogP contribution is 2.41. The third kappa shape index (κ3) is 3.15. The van der Waals surface area contributed by atoms with E-state index in [1.165, 1.54) is 17.0 Å². The van der Waals surface area contributed by atoms with E-state index in [0.29, 0.717) is 0 Å². The van der Waals surface area contributed by atoms with Gasteiger partial charge in [-0.25, -0.2) is 0 Å². The maximum atomic E-state index is 3.63. The van der Waals surface area contributed by atoms with E-state index in [-0.39, 0.29) is 14.3 Å². The first kappa shape index (κ1) is 14.9.